The average molecular weight is 309 g/mol. The molecule has 0 atom stereocenters. The van der Waals surface area contributed by atoms with E-state index in [1.54, 1.807) is 11.1 Å². The number of anilines is 2. The van der Waals surface area contributed by atoms with Crippen molar-refractivity contribution in [1.82, 2.24) is 0 Å². The molecule has 0 saturated carbocycles. The van der Waals surface area contributed by atoms with E-state index in [9.17, 15) is 9.59 Å². The summed E-state index contributed by atoms with van der Waals surface area (Å²) in [6, 6.07) is 16.5. The number of aliphatic carboxylic acids is 1. The van der Waals surface area contributed by atoms with Crippen molar-refractivity contribution in [3.05, 3.63) is 60.2 Å². The Bertz CT molecular complexity index is 772. The highest BCUT2D eigenvalue weighted by Crippen LogP contribution is 2.24. The van der Waals surface area contributed by atoms with Crippen LogP contribution in [0.5, 0.6) is 0 Å². The van der Waals surface area contributed by atoms with Crippen LogP contribution in [0.3, 0.4) is 0 Å². The number of benzene rings is 2. The molecule has 1 aliphatic rings. The molecule has 3 rings (SSSR count). The lowest BCUT2D eigenvalue weighted by molar-refractivity contribution is -0.136. The Balaban J connectivity index is 1.97. The summed E-state index contributed by atoms with van der Waals surface area (Å²) >= 11 is 0. The fourth-order valence-corrected chi connectivity index (χ4v) is 2.36. The SMILES string of the molecule is O=C(O)CCN(/N=C1/C(=O)Nc2ccccc21)c1ccccc1. The molecule has 2 aromatic carbocycles. The van der Waals surface area contributed by atoms with E-state index in [1.807, 2.05) is 48.5 Å². The maximum absolute atomic E-state index is 12.2. The van der Waals surface area contributed by atoms with Crippen molar-refractivity contribution in [2.45, 2.75) is 6.42 Å². The van der Waals surface area contributed by atoms with E-state index in [2.05, 4.69) is 10.4 Å². The first-order valence-corrected chi connectivity index (χ1v) is 7.19. The second kappa shape index (κ2) is 6.31. The Morgan fingerprint density at radius 1 is 1.09 bits per heavy atom. The molecule has 0 saturated heterocycles. The van der Waals surface area contributed by atoms with Crippen LogP contribution >= 0.6 is 0 Å². The second-order valence-electron chi connectivity index (χ2n) is 5.05. The van der Waals surface area contributed by atoms with Crippen LogP contribution in [0, 0.1) is 0 Å². The van der Waals surface area contributed by atoms with Gasteiger partial charge in [0.1, 0.15) is 0 Å². The summed E-state index contributed by atoms with van der Waals surface area (Å²) in [6.45, 7) is 0.179. The number of hydrogen-bond donors (Lipinski definition) is 2. The summed E-state index contributed by atoms with van der Waals surface area (Å²) < 4.78 is 0. The number of para-hydroxylation sites is 2. The molecule has 0 radical (unpaired) electrons. The molecule has 2 aromatic rings. The van der Waals surface area contributed by atoms with Gasteiger partial charge in [0.2, 0.25) is 0 Å². The van der Waals surface area contributed by atoms with Crippen molar-refractivity contribution in [1.29, 1.82) is 0 Å². The summed E-state index contributed by atoms with van der Waals surface area (Å²) in [4.78, 5) is 23.0. The minimum atomic E-state index is -0.914. The van der Waals surface area contributed by atoms with E-state index in [0.717, 1.165) is 5.69 Å². The van der Waals surface area contributed by atoms with Crippen LogP contribution in [0.1, 0.15) is 12.0 Å². The van der Waals surface area contributed by atoms with Crippen molar-refractivity contribution in [2.24, 2.45) is 5.10 Å². The monoisotopic (exact) mass is 309 g/mol. The third-order valence-electron chi connectivity index (χ3n) is 3.46. The van der Waals surface area contributed by atoms with Gasteiger partial charge in [-0.2, -0.15) is 5.10 Å². The first-order chi connectivity index (χ1) is 11.1. The third kappa shape index (κ3) is 3.21. The van der Waals surface area contributed by atoms with E-state index in [1.165, 1.54) is 0 Å². The molecule has 0 aliphatic carbocycles. The van der Waals surface area contributed by atoms with E-state index in [0.29, 0.717) is 11.3 Å². The number of nitrogens with one attached hydrogen (secondary N) is 1. The maximum atomic E-state index is 12.2. The quantitative estimate of drug-likeness (QED) is 0.830. The number of carbonyl (C=O) groups is 2. The van der Waals surface area contributed by atoms with Crippen molar-refractivity contribution in [3.8, 4) is 0 Å². The van der Waals surface area contributed by atoms with Crippen LogP contribution in [0.15, 0.2) is 59.7 Å². The van der Waals surface area contributed by atoms with Gasteiger partial charge < -0.3 is 10.4 Å². The number of carbonyl (C=O) groups excluding carboxylic acids is 1. The summed E-state index contributed by atoms with van der Waals surface area (Å²) in [5.41, 5.74) is 2.45. The van der Waals surface area contributed by atoms with Gasteiger partial charge in [0.05, 0.1) is 24.3 Å². The predicted molar refractivity (Wildman–Crippen MR) is 87.6 cm³/mol. The molecule has 1 amide bonds. The molecule has 0 unspecified atom stereocenters. The number of hydrazone groups is 1. The van der Waals surface area contributed by atoms with Gasteiger partial charge in [-0.3, -0.25) is 14.6 Å². The lowest BCUT2D eigenvalue weighted by Crippen LogP contribution is -2.25. The lowest BCUT2D eigenvalue weighted by atomic mass is 10.1. The van der Waals surface area contributed by atoms with Gasteiger partial charge in [-0.15, -0.1) is 0 Å². The molecule has 6 nitrogen and oxygen atoms in total. The molecule has 1 heterocycles. The largest absolute Gasteiger partial charge is 0.481 e. The summed E-state index contributed by atoms with van der Waals surface area (Å²) in [5.74, 6) is -1.20. The zero-order valence-corrected chi connectivity index (χ0v) is 12.3. The van der Waals surface area contributed by atoms with Gasteiger partial charge >= 0.3 is 5.97 Å². The number of nitrogens with zero attached hydrogens (tertiary/aromatic N) is 2. The van der Waals surface area contributed by atoms with Crippen molar-refractivity contribution < 1.29 is 14.7 Å². The third-order valence-corrected chi connectivity index (χ3v) is 3.46. The Morgan fingerprint density at radius 3 is 2.52 bits per heavy atom. The second-order valence-corrected chi connectivity index (χ2v) is 5.05. The smallest absolute Gasteiger partial charge is 0.305 e. The zero-order valence-electron chi connectivity index (χ0n) is 12.3. The summed E-state index contributed by atoms with van der Waals surface area (Å²) in [5, 5.41) is 17.6. The van der Waals surface area contributed by atoms with E-state index in [4.69, 9.17) is 5.11 Å². The van der Waals surface area contributed by atoms with Gasteiger partial charge in [-0.25, -0.2) is 0 Å². The molecule has 23 heavy (non-hydrogen) atoms. The Labute approximate surface area is 133 Å². The molecule has 1 aliphatic heterocycles. The number of carboxylic acids is 1. The minimum Gasteiger partial charge on any atom is -0.481 e. The average Bonchev–Trinajstić information content (AvgIpc) is 2.87. The van der Waals surface area contributed by atoms with E-state index < -0.39 is 5.97 Å². The molecular weight excluding hydrogens is 294 g/mol. The molecule has 0 aromatic heterocycles. The molecule has 0 bridgehead atoms. The summed E-state index contributed by atoms with van der Waals surface area (Å²) in [7, 11) is 0. The zero-order chi connectivity index (χ0) is 16.2. The van der Waals surface area contributed by atoms with Crippen LogP contribution in [0.2, 0.25) is 0 Å². The predicted octanol–water partition coefficient (Wildman–Crippen LogP) is 2.32. The van der Waals surface area contributed by atoms with Crippen LogP contribution in [-0.2, 0) is 9.59 Å². The summed E-state index contributed by atoms with van der Waals surface area (Å²) in [6.07, 6.45) is -0.0745. The van der Waals surface area contributed by atoms with Crippen molar-refractivity contribution in [3.63, 3.8) is 0 Å². The van der Waals surface area contributed by atoms with Gasteiger partial charge in [-0.1, -0.05) is 36.4 Å². The molecule has 116 valence electrons. The Kier molecular flexibility index (Phi) is 4.05. The van der Waals surface area contributed by atoms with Gasteiger partial charge in [-0.05, 0) is 18.2 Å². The standard InChI is InChI=1S/C17H15N3O3/c21-15(22)10-11-20(12-6-2-1-3-7-12)19-16-13-8-4-5-9-14(13)18-17(16)23/h1-9H,10-11H2,(H,21,22)(H,18,19,23). The topological polar surface area (TPSA) is 82.0 Å². The van der Waals surface area contributed by atoms with Crippen LogP contribution in [-0.4, -0.2) is 29.2 Å². The first-order valence-electron chi connectivity index (χ1n) is 7.19. The number of rotatable bonds is 5. The first kappa shape index (κ1) is 14.8. The fourth-order valence-electron chi connectivity index (χ4n) is 2.36. The molecule has 0 fully saturated rings. The van der Waals surface area contributed by atoms with E-state index in [-0.39, 0.29) is 24.6 Å². The fraction of sp³-hybridized carbons (Fsp3) is 0.118. The van der Waals surface area contributed by atoms with Gasteiger partial charge in [0, 0.05) is 5.56 Å². The molecule has 2 N–H and O–H groups in total. The van der Waals surface area contributed by atoms with Gasteiger partial charge in [0.15, 0.2) is 5.71 Å². The number of hydrogen-bond acceptors (Lipinski definition) is 4. The number of amides is 1. The highest BCUT2D eigenvalue weighted by molar-refractivity contribution is 6.53. The molecule has 0 spiro atoms. The maximum Gasteiger partial charge on any atom is 0.305 e. The van der Waals surface area contributed by atoms with Crippen LogP contribution in [0.25, 0.3) is 0 Å². The Hall–Kier alpha value is -3.15. The van der Waals surface area contributed by atoms with E-state index >= 15 is 0 Å². The molecule has 6 heteroatoms. The number of carboxylic acid groups (broad SMARTS) is 1. The normalized spacial score (nSPS) is 14.4. The van der Waals surface area contributed by atoms with Gasteiger partial charge in [0.25, 0.3) is 5.91 Å². The highest BCUT2D eigenvalue weighted by atomic mass is 16.4. The van der Waals surface area contributed by atoms with Crippen LogP contribution in [0.4, 0.5) is 11.4 Å². The van der Waals surface area contributed by atoms with Crippen molar-refractivity contribution in [2.75, 3.05) is 16.9 Å². The highest BCUT2D eigenvalue weighted by Gasteiger charge is 2.26. The Morgan fingerprint density at radius 2 is 1.78 bits per heavy atom. The van der Waals surface area contributed by atoms with Crippen molar-refractivity contribution >= 4 is 29.0 Å². The molecular formula is C17H15N3O3. The number of fused-ring (bicyclic) bond motifs is 1. The van der Waals surface area contributed by atoms with Crippen LogP contribution < -0.4 is 10.3 Å². The lowest BCUT2D eigenvalue weighted by Gasteiger charge is -2.19. The minimum absolute atomic E-state index is 0.0745.